The molecular formula is C15H23F3N2O. The summed E-state index contributed by atoms with van der Waals surface area (Å²) < 4.78 is 39.4. The summed E-state index contributed by atoms with van der Waals surface area (Å²) in [6.07, 6.45) is -4.33. The van der Waals surface area contributed by atoms with E-state index < -0.39 is 17.8 Å². The van der Waals surface area contributed by atoms with Crippen LogP contribution in [0.25, 0.3) is 0 Å². The molecule has 0 saturated heterocycles. The molecule has 0 fully saturated rings. The van der Waals surface area contributed by atoms with E-state index in [1.165, 1.54) is 12.1 Å². The van der Waals surface area contributed by atoms with Crippen molar-refractivity contribution in [3.8, 4) is 0 Å². The number of anilines is 1. The lowest BCUT2D eigenvalue weighted by atomic mass is 10.1. The highest BCUT2D eigenvalue weighted by Gasteiger charge is 2.33. The van der Waals surface area contributed by atoms with Gasteiger partial charge in [0, 0.05) is 25.8 Å². The van der Waals surface area contributed by atoms with Gasteiger partial charge < -0.3 is 15.3 Å². The van der Waals surface area contributed by atoms with Crippen LogP contribution in [-0.2, 0) is 12.7 Å². The Morgan fingerprint density at radius 1 is 1.33 bits per heavy atom. The summed E-state index contributed by atoms with van der Waals surface area (Å²) in [5.74, 6) is 0. The Hall–Kier alpha value is -1.27. The van der Waals surface area contributed by atoms with E-state index >= 15 is 0 Å². The standard InChI is InChI=1S/C15H23F3N2O/c1-4-19-10-12-5-6-13(9-14(12)15(16,17)18)20(3)8-7-11(2)21/h5-6,9,11,19,21H,4,7-8,10H2,1-3H3. The van der Waals surface area contributed by atoms with Crippen molar-refractivity contribution < 1.29 is 18.3 Å². The number of benzene rings is 1. The van der Waals surface area contributed by atoms with Crippen LogP contribution in [0.2, 0.25) is 0 Å². The Morgan fingerprint density at radius 3 is 2.52 bits per heavy atom. The highest BCUT2D eigenvalue weighted by molar-refractivity contribution is 5.51. The average Bonchev–Trinajstić information content (AvgIpc) is 2.41. The molecule has 0 aliphatic heterocycles. The second kappa shape index (κ2) is 7.66. The number of aliphatic hydroxyl groups excluding tert-OH is 1. The molecule has 0 spiro atoms. The summed E-state index contributed by atoms with van der Waals surface area (Å²) in [7, 11) is 1.72. The molecule has 0 amide bonds. The van der Waals surface area contributed by atoms with Gasteiger partial charge in [-0.3, -0.25) is 0 Å². The fourth-order valence-electron chi connectivity index (χ4n) is 1.99. The second-order valence-corrected chi connectivity index (χ2v) is 5.18. The van der Waals surface area contributed by atoms with Crippen molar-refractivity contribution in [3.05, 3.63) is 29.3 Å². The lowest BCUT2D eigenvalue weighted by Crippen LogP contribution is -2.23. The van der Waals surface area contributed by atoms with Gasteiger partial charge in [0.1, 0.15) is 0 Å². The Labute approximate surface area is 123 Å². The summed E-state index contributed by atoms with van der Waals surface area (Å²) >= 11 is 0. The van der Waals surface area contributed by atoms with Gasteiger partial charge in [-0.05, 0) is 37.6 Å². The first-order valence-corrected chi connectivity index (χ1v) is 7.05. The number of halogens is 3. The molecule has 0 heterocycles. The fraction of sp³-hybridized carbons (Fsp3) is 0.600. The van der Waals surface area contributed by atoms with E-state index in [0.717, 1.165) is 0 Å². The minimum Gasteiger partial charge on any atom is -0.393 e. The van der Waals surface area contributed by atoms with Crippen LogP contribution in [0.15, 0.2) is 18.2 Å². The minimum atomic E-state index is -4.37. The molecule has 1 rings (SSSR count). The van der Waals surface area contributed by atoms with Gasteiger partial charge in [0.05, 0.1) is 11.7 Å². The first kappa shape index (κ1) is 17.8. The van der Waals surface area contributed by atoms with E-state index in [0.29, 0.717) is 25.2 Å². The molecule has 1 aromatic carbocycles. The van der Waals surface area contributed by atoms with Crippen LogP contribution in [0, 0.1) is 0 Å². The average molecular weight is 304 g/mol. The molecule has 0 aromatic heterocycles. The largest absolute Gasteiger partial charge is 0.416 e. The van der Waals surface area contributed by atoms with Crippen LogP contribution in [-0.4, -0.2) is 31.3 Å². The number of hydrogen-bond acceptors (Lipinski definition) is 3. The Balaban J connectivity index is 2.98. The molecule has 0 radical (unpaired) electrons. The molecule has 6 heteroatoms. The quantitative estimate of drug-likeness (QED) is 0.813. The molecule has 2 N–H and O–H groups in total. The summed E-state index contributed by atoms with van der Waals surface area (Å²) in [6.45, 7) is 4.83. The van der Waals surface area contributed by atoms with Crippen molar-refractivity contribution in [1.29, 1.82) is 0 Å². The van der Waals surface area contributed by atoms with Gasteiger partial charge in [0.15, 0.2) is 0 Å². The van der Waals surface area contributed by atoms with Crippen LogP contribution in [0.3, 0.4) is 0 Å². The third-order valence-corrected chi connectivity index (χ3v) is 3.29. The van der Waals surface area contributed by atoms with Gasteiger partial charge in [-0.25, -0.2) is 0 Å². The number of nitrogens with one attached hydrogen (secondary N) is 1. The van der Waals surface area contributed by atoms with E-state index in [-0.39, 0.29) is 12.1 Å². The lowest BCUT2D eigenvalue weighted by molar-refractivity contribution is -0.138. The predicted octanol–water partition coefficient (Wildman–Crippen LogP) is 3.02. The van der Waals surface area contributed by atoms with Crippen LogP contribution in [0.4, 0.5) is 18.9 Å². The molecule has 1 atom stereocenters. The number of alkyl halides is 3. The first-order valence-electron chi connectivity index (χ1n) is 7.05. The number of hydrogen-bond donors (Lipinski definition) is 2. The van der Waals surface area contributed by atoms with E-state index in [1.807, 2.05) is 6.92 Å². The van der Waals surface area contributed by atoms with E-state index in [9.17, 15) is 18.3 Å². The molecule has 0 bridgehead atoms. The minimum absolute atomic E-state index is 0.197. The highest BCUT2D eigenvalue weighted by Crippen LogP contribution is 2.34. The molecular weight excluding hydrogens is 281 g/mol. The first-order chi connectivity index (χ1) is 9.75. The van der Waals surface area contributed by atoms with Crippen LogP contribution >= 0.6 is 0 Å². The fourth-order valence-corrected chi connectivity index (χ4v) is 1.99. The number of nitrogens with zero attached hydrogens (tertiary/aromatic N) is 1. The van der Waals surface area contributed by atoms with E-state index in [1.54, 1.807) is 24.9 Å². The second-order valence-electron chi connectivity index (χ2n) is 5.18. The molecule has 21 heavy (non-hydrogen) atoms. The van der Waals surface area contributed by atoms with Crippen molar-refractivity contribution in [2.24, 2.45) is 0 Å². The summed E-state index contributed by atoms with van der Waals surface area (Å²) in [4.78, 5) is 1.72. The Morgan fingerprint density at radius 2 is 2.00 bits per heavy atom. The number of rotatable bonds is 7. The molecule has 1 unspecified atom stereocenters. The van der Waals surface area contributed by atoms with Gasteiger partial charge in [-0.1, -0.05) is 13.0 Å². The molecule has 120 valence electrons. The van der Waals surface area contributed by atoms with Gasteiger partial charge >= 0.3 is 6.18 Å². The van der Waals surface area contributed by atoms with Crippen molar-refractivity contribution >= 4 is 5.69 Å². The van der Waals surface area contributed by atoms with Crippen molar-refractivity contribution in [3.63, 3.8) is 0 Å². The molecule has 0 saturated carbocycles. The monoisotopic (exact) mass is 304 g/mol. The van der Waals surface area contributed by atoms with Crippen molar-refractivity contribution in [2.45, 2.75) is 39.1 Å². The maximum Gasteiger partial charge on any atom is 0.416 e. The molecule has 1 aromatic rings. The maximum atomic E-state index is 13.1. The number of aliphatic hydroxyl groups is 1. The SMILES string of the molecule is CCNCc1ccc(N(C)CCC(C)O)cc1C(F)(F)F. The van der Waals surface area contributed by atoms with Crippen LogP contribution in [0.5, 0.6) is 0 Å². The van der Waals surface area contributed by atoms with E-state index in [4.69, 9.17) is 0 Å². The van der Waals surface area contributed by atoms with Crippen LogP contribution < -0.4 is 10.2 Å². The van der Waals surface area contributed by atoms with Crippen LogP contribution in [0.1, 0.15) is 31.4 Å². The molecule has 0 aliphatic rings. The topological polar surface area (TPSA) is 35.5 Å². The molecule has 3 nitrogen and oxygen atoms in total. The normalized spacial score (nSPS) is 13.3. The van der Waals surface area contributed by atoms with Gasteiger partial charge in [-0.15, -0.1) is 0 Å². The zero-order valence-corrected chi connectivity index (χ0v) is 12.7. The van der Waals surface area contributed by atoms with Gasteiger partial charge in [0.2, 0.25) is 0 Å². The third kappa shape index (κ3) is 5.55. The van der Waals surface area contributed by atoms with E-state index in [2.05, 4.69) is 5.32 Å². The zero-order chi connectivity index (χ0) is 16.0. The summed E-state index contributed by atoms with van der Waals surface area (Å²) in [5, 5.41) is 12.2. The summed E-state index contributed by atoms with van der Waals surface area (Å²) in [5.41, 5.74) is 0.144. The highest BCUT2D eigenvalue weighted by atomic mass is 19.4. The maximum absolute atomic E-state index is 13.1. The van der Waals surface area contributed by atoms with Gasteiger partial charge in [-0.2, -0.15) is 13.2 Å². The Kier molecular flexibility index (Phi) is 6.48. The Bertz CT molecular complexity index is 447. The summed E-state index contributed by atoms with van der Waals surface area (Å²) in [6, 6.07) is 4.37. The van der Waals surface area contributed by atoms with Gasteiger partial charge in [0.25, 0.3) is 0 Å². The smallest absolute Gasteiger partial charge is 0.393 e. The lowest BCUT2D eigenvalue weighted by Gasteiger charge is -2.22. The van der Waals surface area contributed by atoms with Crippen molar-refractivity contribution in [1.82, 2.24) is 5.32 Å². The zero-order valence-electron chi connectivity index (χ0n) is 12.7. The van der Waals surface area contributed by atoms with Crippen molar-refractivity contribution in [2.75, 3.05) is 25.0 Å². The third-order valence-electron chi connectivity index (χ3n) is 3.29. The molecule has 0 aliphatic carbocycles. The predicted molar refractivity (Wildman–Crippen MR) is 78.4 cm³/mol.